The molecule has 0 saturated carbocycles. The van der Waals surface area contributed by atoms with E-state index in [4.69, 9.17) is 5.73 Å². The van der Waals surface area contributed by atoms with Crippen LogP contribution in [0.2, 0.25) is 0 Å². The predicted molar refractivity (Wildman–Crippen MR) is 104 cm³/mol. The molecule has 2 N–H and O–H groups in total. The Bertz CT molecular complexity index is 756. The molecule has 8 heteroatoms. The first-order valence-corrected chi connectivity index (χ1v) is 9.73. The number of piperazine rings is 1. The third-order valence-corrected chi connectivity index (χ3v) is 5.60. The molecule has 1 saturated heterocycles. The van der Waals surface area contributed by atoms with Gasteiger partial charge in [-0.1, -0.05) is 12.1 Å². The number of unbranched alkanes of at least 4 members (excludes halogenated alkanes) is 1. The van der Waals surface area contributed by atoms with E-state index >= 15 is 0 Å². The zero-order valence-electron chi connectivity index (χ0n) is 15.1. The van der Waals surface area contributed by atoms with Crippen molar-refractivity contribution in [1.82, 2.24) is 14.2 Å². The van der Waals surface area contributed by atoms with E-state index in [1.54, 1.807) is 11.5 Å². The number of benzene rings is 1. The number of carbonyl (C=O) groups excluding carboxylic acids is 2. The van der Waals surface area contributed by atoms with Gasteiger partial charge in [-0.25, -0.2) is 4.79 Å². The highest BCUT2D eigenvalue weighted by molar-refractivity contribution is 7.13. The third-order valence-electron chi connectivity index (χ3n) is 4.78. The predicted octanol–water partition coefficient (Wildman–Crippen LogP) is 2.13. The molecule has 0 bridgehead atoms. The van der Waals surface area contributed by atoms with Crippen LogP contribution in [0.3, 0.4) is 0 Å². The van der Waals surface area contributed by atoms with Crippen molar-refractivity contribution < 1.29 is 9.59 Å². The van der Waals surface area contributed by atoms with Crippen molar-refractivity contribution in [3.8, 4) is 0 Å². The van der Waals surface area contributed by atoms with E-state index < -0.39 is 6.03 Å². The molecule has 1 aromatic heterocycles. The van der Waals surface area contributed by atoms with Gasteiger partial charge in [-0.15, -0.1) is 0 Å². The maximum atomic E-state index is 11.3. The van der Waals surface area contributed by atoms with Gasteiger partial charge in [0.05, 0.1) is 4.70 Å². The van der Waals surface area contributed by atoms with E-state index in [-0.39, 0.29) is 5.91 Å². The summed E-state index contributed by atoms with van der Waals surface area (Å²) < 4.78 is 5.87. The Morgan fingerprint density at radius 2 is 1.92 bits per heavy atom. The number of primary amides is 1. The van der Waals surface area contributed by atoms with Gasteiger partial charge >= 0.3 is 6.03 Å². The number of hydrogen-bond acceptors (Lipinski definition) is 6. The average molecular weight is 375 g/mol. The van der Waals surface area contributed by atoms with Crippen molar-refractivity contribution in [1.29, 1.82) is 0 Å². The Hall–Kier alpha value is -2.19. The van der Waals surface area contributed by atoms with E-state index in [2.05, 4.69) is 32.4 Å². The summed E-state index contributed by atoms with van der Waals surface area (Å²) in [5, 5.41) is 1.24. The number of fused-ring (bicyclic) bond motifs is 1. The Morgan fingerprint density at radius 3 is 2.62 bits per heavy atom. The number of hydrogen-bond donors (Lipinski definition) is 1. The van der Waals surface area contributed by atoms with Crippen LogP contribution >= 0.6 is 11.5 Å². The highest BCUT2D eigenvalue weighted by Gasteiger charge is 2.20. The highest BCUT2D eigenvalue weighted by Crippen LogP contribution is 2.29. The van der Waals surface area contributed by atoms with Gasteiger partial charge in [0.2, 0.25) is 5.91 Å². The average Bonchev–Trinajstić information content (AvgIpc) is 3.05. The van der Waals surface area contributed by atoms with Gasteiger partial charge < -0.3 is 10.6 Å². The second-order valence-corrected chi connectivity index (χ2v) is 7.35. The Labute approximate surface area is 157 Å². The second kappa shape index (κ2) is 8.46. The standard InChI is InChI=1S/C18H25N5O2S/c1-14(24)23(18(19)25)9-5-4-8-21-10-12-22(13-11-21)17-15-6-2-3-7-16(15)26-20-17/h2-3,6-7H,4-5,8-13H2,1H3,(H2,19,25). The SMILES string of the molecule is CC(=O)N(CCCCN1CCN(c2nsc3ccccc23)CC1)C(N)=O. The van der Waals surface area contributed by atoms with Crippen molar-refractivity contribution in [3.63, 3.8) is 0 Å². The van der Waals surface area contributed by atoms with E-state index in [0.29, 0.717) is 6.54 Å². The summed E-state index contributed by atoms with van der Waals surface area (Å²) in [6.45, 7) is 6.66. The van der Waals surface area contributed by atoms with E-state index in [1.165, 1.54) is 17.0 Å². The fourth-order valence-corrected chi connectivity index (χ4v) is 4.11. The molecular weight excluding hydrogens is 350 g/mol. The number of imide groups is 1. The monoisotopic (exact) mass is 375 g/mol. The van der Waals surface area contributed by atoms with Gasteiger partial charge in [0.15, 0.2) is 0 Å². The Kier molecular flexibility index (Phi) is 6.05. The molecular formula is C18H25N5O2S. The molecule has 1 aromatic carbocycles. The van der Waals surface area contributed by atoms with Crippen LogP contribution in [0.25, 0.3) is 10.1 Å². The number of rotatable bonds is 6. The van der Waals surface area contributed by atoms with Crippen LogP contribution in [0.4, 0.5) is 10.6 Å². The maximum Gasteiger partial charge on any atom is 0.321 e. The lowest BCUT2D eigenvalue weighted by atomic mass is 10.2. The van der Waals surface area contributed by atoms with Gasteiger partial charge in [-0.05, 0) is 43.1 Å². The zero-order valence-corrected chi connectivity index (χ0v) is 15.9. The second-order valence-electron chi connectivity index (χ2n) is 6.55. The largest absolute Gasteiger partial charge is 0.353 e. The molecule has 1 fully saturated rings. The lowest BCUT2D eigenvalue weighted by molar-refractivity contribution is -0.125. The summed E-state index contributed by atoms with van der Waals surface area (Å²) in [5.74, 6) is 0.811. The quantitative estimate of drug-likeness (QED) is 0.782. The molecule has 3 amide bonds. The molecule has 2 aromatic rings. The number of anilines is 1. The number of urea groups is 1. The molecule has 7 nitrogen and oxygen atoms in total. The molecule has 26 heavy (non-hydrogen) atoms. The summed E-state index contributed by atoms with van der Waals surface area (Å²) in [6.07, 6.45) is 1.72. The summed E-state index contributed by atoms with van der Waals surface area (Å²) in [7, 11) is 0. The van der Waals surface area contributed by atoms with E-state index in [9.17, 15) is 9.59 Å². The third kappa shape index (κ3) is 4.31. The van der Waals surface area contributed by atoms with Gasteiger partial charge in [0, 0.05) is 45.0 Å². The number of amides is 3. The van der Waals surface area contributed by atoms with Gasteiger partial charge in [-0.2, -0.15) is 4.37 Å². The van der Waals surface area contributed by atoms with Crippen LogP contribution in [0.15, 0.2) is 24.3 Å². The highest BCUT2D eigenvalue weighted by atomic mass is 32.1. The van der Waals surface area contributed by atoms with Gasteiger partial charge in [0.25, 0.3) is 0 Å². The van der Waals surface area contributed by atoms with Crippen molar-refractivity contribution in [2.24, 2.45) is 5.73 Å². The first-order valence-electron chi connectivity index (χ1n) is 8.95. The summed E-state index contributed by atoms with van der Waals surface area (Å²) in [6, 6.07) is 7.70. The topological polar surface area (TPSA) is 82.8 Å². The molecule has 1 aliphatic rings. The van der Waals surface area contributed by atoms with E-state index in [1.807, 2.05) is 6.07 Å². The molecule has 0 radical (unpaired) electrons. The van der Waals surface area contributed by atoms with Crippen LogP contribution < -0.4 is 10.6 Å². The minimum atomic E-state index is -0.665. The number of carbonyl (C=O) groups is 2. The summed E-state index contributed by atoms with van der Waals surface area (Å²) in [4.78, 5) is 28.4. The van der Waals surface area contributed by atoms with Crippen LogP contribution in [-0.4, -0.2) is 65.4 Å². The van der Waals surface area contributed by atoms with Crippen molar-refractivity contribution in [2.75, 3.05) is 44.2 Å². The first-order chi connectivity index (χ1) is 12.6. The van der Waals surface area contributed by atoms with Crippen LogP contribution in [0, 0.1) is 0 Å². The lowest BCUT2D eigenvalue weighted by Gasteiger charge is -2.35. The van der Waals surface area contributed by atoms with Crippen LogP contribution in [0.5, 0.6) is 0 Å². The summed E-state index contributed by atoms with van der Waals surface area (Å²) >= 11 is 1.56. The number of nitrogens with two attached hydrogens (primary N) is 1. The van der Waals surface area contributed by atoms with Gasteiger partial charge in [0.1, 0.15) is 5.82 Å². The number of aromatic nitrogens is 1. The van der Waals surface area contributed by atoms with Crippen molar-refractivity contribution in [3.05, 3.63) is 24.3 Å². The molecule has 3 rings (SSSR count). The lowest BCUT2D eigenvalue weighted by Crippen LogP contribution is -2.47. The minimum absolute atomic E-state index is 0.290. The normalized spacial score (nSPS) is 15.3. The zero-order chi connectivity index (χ0) is 18.5. The molecule has 0 unspecified atom stereocenters. The van der Waals surface area contributed by atoms with E-state index in [0.717, 1.165) is 56.3 Å². The summed E-state index contributed by atoms with van der Waals surface area (Å²) in [5.41, 5.74) is 5.21. The smallest absolute Gasteiger partial charge is 0.321 e. The fraction of sp³-hybridized carbons (Fsp3) is 0.500. The molecule has 0 spiro atoms. The number of nitrogens with zero attached hydrogens (tertiary/aromatic N) is 4. The molecule has 0 aliphatic carbocycles. The minimum Gasteiger partial charge on any atom is -0.353 e. The fourth-order valence-electron chi connectivity index (χ4n) is 3.31. The van der Waals surface area contributed by atoms with Crippen molar-refractivity contribution in [2.45, 2.75) is 19.8 Å². The molecule has 2 heterocycles. The molecule has 1 aliphatic heterocycles. The van der Waals surface area contributed by atoms with Crippen molar-refractivity contribution >= 4 is 39.4 Å². The first kappa shape index (κ1) is 18.6. The maximum absolute atomic E-state index is 11.3. The Morgan fingerprint density at radius 1 is 1.19 bits per heavy atom. The molecule has 140 valence electrons. The Balaban J connectivity index is 1.43. The van der Waals surface area contributed by atoms with Gasteiger partial charge in [-0.3, -0.25) is 14.6 Å². The van der Waals surface area contributed by atoms with Crippen LogP contribution in [0.1, 0.15) is 19.8 Å². The molecule has 0 atom stereocenters. The van der Waals surface area contributed by atoms with Crippen LogP contribution in [-0.2, 0) is 4.79 Å².